The average molecular weight is 275 g/mol. The Balaban J connectivity index is 1.91. The minimum absolute atomic E-state index is 0.0523. The quantitative estimate of drug-likeness (QED) is 0.813. The molecular formula is C18H29NO. The second-order valence-corrected chi connectivity index (χ2v) is 6.90. The van der Waals surface area contributed by atoms with Gasteiger partial charge in [0.2, 0.25) is 0 Å². The summed E-state index contributed by atoms with van der Waals surface area (Å²) in [5.74, 6) is 1.44. The maximum atomic E-state index is 6.01. The summed E-state index contributed by atoms with van der Waals surface area (Å²) < 4.78 is 6.01. The number of nitrogens with one attached hydrogen (secondary N) is 1. The summed E-state index contributed by atoms with van der Waals surface area (Å²) in [7, 11) is 0. The number of ether oxygens (including phenoxy) is 1. The predicted molar refractivity (Wildman–Crippen MR) is 85.1 cm³/mol. The predicted octanol–water partition coefficient (Wildman–Crippen LogP) is 3.97. The van der Waals surface area contributed by atoms with Gasteiger partial charge in [0.25, 0.3) is 0 Å². The molecule has 0 radical (unpaired) electrons. The molecule has 1 aromatic rings. The average Bonchev–Trinajstić information content (AvgIpc) is 3.19. The van der Waals surface area contributed by atoms with Crippen molar-refractivity contribution in [1.82, 2.24) is 5.32 Å². The lowest BCUT2D eigenvalue weighted by molar-refractivity contribution is -0.0173. The highest BCUT2D eigenvalue weighted by Crippen LogP contribution is 2.49. The summed E-state index contributed by atoms with van der Waals surface area (Å²) in [6.45, 7) is 10.5. The Morgan fingerprint density at radius 3 is 2.55 bits per heavy atom. The Bertz CT molecular complexity index is 396. The Labute approximate surface area is 123 Å². The maximum absolute atomic E-state index is 6.01. The van der Waals surface area contributed by atoms with E-state index in [1.165, 1.54) is 18.4 Å². The highest BCUT2D eigenvalue weighted by Gasteiger charge is 2.43. The van der Waals surface area contributed by atoms with Gasteiger partial charge in [0.1, 0.15) is 0 Å². The van der Waals surface area contributed by atoms with Crippen LogP contribution in [0.2, 0.25) is 0 Å². The van der Waals surface area contributed by atoms with Crippen molar-refractivity contribution in [2.75, 3.05) is 13.2 Å². The molecule has 3 unspecified atom stereocenters. The minimum Gasteiger partial charge on any atom is -0.374 e. The third-order valence-corrected chi connectivity index (χ3v) is 3.94. The lowest BCUT2D eigenvalue weighted by Gasteiger charge is -2.25. The molecule has 0 aliphatic heterocycles. The van der Waals surface area contributed by atoms with Crippen LogP contribution in [0.15, 0.2) is 30.3 Å². The van der Waals surface area contributed by atoms with Crippen LogP contribution in [0.1, 0.15) is 52.0 Å². The minimum atomic E-state index is -0.0523. The monoisotopic (exact) mass is 275 g/mol. The molecule has 20 heavy (non-hydrogen) atoms. The van der Waals surface area contributed by atoms with Gasteiger partial charge < -0.3 is 10.1 Å². The summed E-state index contributed by atoms with van der Waals surface area (Å²) in [4.78, 5) is 0. The summed E-state index contributed by atoms with van der Waals surface area (Å²) in [5.41, 5.74) is 1.43. The van der Waals surface area contributed by atoms with Crippen LogP contribution in [-0.2, 0) is 4.74 Å². The van der Waals surface area contributed by atoms with Crippen LogP contribution in [0.3, 0.4) is 0 Å². The molecule has 112 valence electrons. The first-order valence-electron chi connectivity index (χ1n) is 7.93. The highest BCUT2D eigenvalue weighted by atomic mass is 16.5. The molecule has 0 spiro atoms. The Kier molecular flexibility index (Phi) is 5.22. The van der Waals surface area contributed by atoms with Crippen LogP contribution < -0.4 is 5.32 Å². The molecule has 1 aromatic carbocycles. The van der Waals surface area contributed by atoms with Crippen LogP contribution in [0, 0.1) is 5.92 Å². The van der Waals surface area contributed by atoms with E-state index in [-0.39, 0.29) is 5.60 Å². The molecule has 0 saturated heterocycles. The van der Waals surface area contributed by atoms with Crippen LogP contribution in [0.5, 0.6) is 0 Å². The maximum Gasteiger partial charge on any atom is 0.0629 e. The zero-order valence-electron chi connectivity index (χ0n) is 13.4. The van der Waals surface area contributed by atoms with Gasteiger partial charge in [0, 0.05) is 6.04 Å². The number of benzene rings is 1. The first-order chi connectivity index (χ1) is 9.51. The fourth-order valence-corrected chi connectivity index (χ4v) is 2.75. The van der Waals surface area contributed by atoms with Gasteiger partial charge in [-0.25, -0.2) is 0 Å². The van der Waals surface area contributed by atoms with Gasteiger partial charge in [0.15, 0.2) is 0 Å². The molecule has 1 aliphatic carbocycles. The molecule has 2 nitrogen and oxygen atoms in total. The molecule has 1 saturated carbocycles. The van der Waals surface area contributed by atoms with E-state index in [2.05, 4.69) is 63.3 Å². The van der Waals surface area contributed by atoms with Crippen LogP contribution in [0.25, 0.3) is 0 Å². The Hall–Kier alpha value is -0.860. The van der Waals surface area contributed by atoms with Gasteiger partial charge in [-0.05, 0) is 57.6 Å². The molecule has 1 fully saturated rings. The zero-order chi connectivity index (χ0) is 14.6. The number of hydrogen-bond donors (Lipinski definition) is 1. The van der Waals surface area contributed by atoms with E-state index < -0.39 is 0 Å². The first-order valence-corrected chi connectivity index (χ1v) is 7.93. The largest absolute Gasteiger partial charge is 0.374 e. The molecule has 1 N–H and O–H groups in total. The molecule has 0 bridgehead atoms. The second kappa shape index (κ2) is 6.73. The number of hydrogen-bond acceptors (Lipinski definition) is 2. The third-order valence-electron chi connectivity index (χ3n) is 3.94. The Morgan fingerprint density at radius 1 is 1.25 bits per heavy atom. The molecule has 3 atom stereocenters. The third kappa shape index (κ3) is 4.60. The smallest absolute Gasteiger partial charge is 0.0629 e. The standard InChI is InChI=1S/C18H29NO/c1-5-11-19-17(13-20-18(2,3)4)16-12-15(16)14-9-7-6-8-10-14/h6-10,15-17,19H,5,11-13H2,1-4H3. The van der Waals surface area contributed by atoms with E-state index in [0.717, 1.165) is 19.1 Å². The van der Waals surface area contributed by atoms with E-state index >= 15 is 0 Å². The van der Waals surface area contributed by atoms with Crippen LogP contribution in [0.4, 0.5) is 0 Å². The molecule has 2 rings (SSSR count). The van der Waals surface area contributed by atoms with Crippen molar-refractivity contribution in [3.05, 3.63) is 35.9 Å². The summed E-state index contributed by atoms with van der Waals surface area (Å²) >= 11 is 0. The van der Waals surface area contributed by atoms with Crippen molar-refractivity contribution in [2.24, 2.45) is 5.92 Å². The van der Waals surface area contributed by atoms with E-state index in [0.29, 0.717) is 12.0 Å². The van der Waals surface area contributed by atoms with Gasteiger partial charge >= 0.3 is 0 Å². The number of rotatable bonds is 7. The lowest BCUT2D eigenvalue weighted by Crippen LogP contribution is -2.39. The van der Waals surface area contributed by atoms with Crippen LogP contribution >= 0.6 is 0 Å². The van der Waals surface area contributed by atoms with E-state index in [1.807, 2.05) is 0 Å². The van der Waals surface area contributed by atoms with Gasteiger partial charge in [0.05, 0.1) is 12.2 Å². The summed E-state index contributed by atoms with van der Waals surface area (Å²) in [6.07, 6.45) is 2.47. The first kappa shape index (κ1) is 15.5. The van der Waals surface area contributed by atoms with Crippen molar-refractivity contribution in [2.45, 2.75) is 58.1 Å². The molecule has 2 heteroatoms. The van der Waals surface area contributed by atoms with Gasteiger partial charge in [-0.1, -0.05) is 37.3 Å². The van der Waals surface area contributed by atoms with E-state index in [9.17, 15) is 0 Å². The fourth-order valence-electron chi connectivity index (χ4n) is 2.75. The Morgan fingerprint density at radius 2 is 1.95 bits per heavy atom. The van der Waals surface area contributed by atoms with Gasteiger partial charge in [-0.15, -0.1) is 0 Å². The second-order valence-electron chi connectivity index (χ2n) is 6.90. The van der Waals surface area contributed by atoms with Crippen LogP contribution in [-0.4, -0.2) is 24.8 Å². The van der Waals surface area contributed by atoms with Crippen molar-refractivity contribution >= 4 is 0 Å². The van der Waals surface area contributed by atoms with E-state index in [1.54, 1.807) is 0 Å². The van der Waals surface area contributed by atoms with Crippen molar-refractivity contribution in [1.29, 1.82) is 0 Å². The molecular weight excluding hydrogens is 246 g/mol. The van der Waals surface area contributed by atoms with Crippen molar-refractivity contribution in [3.8, 4) is 0 Å². The highest BCUT2D eigenvalue weighted by molar-refractivity contribution is 5.26. The molecule has 0 heterocycles. The SMILES string of the molecule is CCCNC(COC(C)(C)C)C1CC1c1ccccc1. The molecule has 0 aromatic heterocycles. The van der Waals surface area contributed by atoms with E-state index in [4.69, 9.17) is 4.74 Å². The normalized spacial score (nSPS) is 23.6. The van der Waals surface area contributed by atoms with Gasteiger partial charge in [-0.2, -0.15) is 0 Å². The van der Waals surface area contributed by atoms with Gasteiger partial charge in [-0.3, -0.25) is 0 Å². The molecule has 1 aliphatic rings. The fraction of sp³-hybridized carbons (Fsp3) is 0.667. The zero-order valence-corrected chi connectivity index (χ0v) is 13.4. The van der Waals surface area contributed by atoms with Crippen molar-refractivity contribution in [3.63, 3.8) is 0 Å². The van der Waals surface area contributed by atoms with Crippen molar-refractivity contribution < 1.29 is 4.74 Å². The summed E-state index contributed by atoms with van der Waals surface area (Å²) in [5, 5.41) is 3.68. The topological polar surface area (TPSA) is 21.3 Å². The summed E-state index contributed by atoms with van der Waals surface area (Å²) in [6, 6.07) is 11.4. The molecule has 0 amide bonds. The lowest BCUT2D eigenvalue weighted by atomic mass is 10.1.